The van der Waals surface area contributed by atoms with Crippen molar-refractivity contribution >= 4 is 5.91 Å². The summed E-state index contributed by atoms with van der Waals surface area (Å²) in [4.78, 5) is 14.5. The highest BCUT2D eigenvalue weighted by Crippen LogP contribution is 2.28. The minimum atomic E-state index is -0.0540. The van der Waals surface area contributed by atoms with Gasteiger partial charge in [0, 0.05) is 24.6 Å². The number of carbonyl (C=O) groups excluding carboxylic acids is 1. The molecule has 2 rings (SSSR count). The Hall–Kier alpha value is -2.30. The number of nitrogens with zero attached hydrogens (tertiary/aromatic N) is 2. The van der Waals surface area contributed by atoms with Gasteiger partial charge in [-0.2, -0.15) is 5.26 Å². The van der Waals surface area contributed by atoms with Crippen molar-refractivity contribution < 1.29 is 9.90 Å². The molecule has 1 fully saturated rings. The molecule has 0 saturated heterocycles. The molecule has 1 N–H and O–H groups in total. The summed E-state index contributed by atoms with van der Waals surface area (Å²) in [6.07, 6.45) is 2.76. The zero-order chi connectivity index (χ0) is 15.1. The van der Waals surface area contributed by atoms with Crippen molar-refractivity contribution in [2.75, 3.05) is 13.2 Å². The average molecular weight is 282 g/mol. The smallest absolute Gasteiger partial charge is 0.255 e. The van der Waals surface area contributed by atoms with Crippen molar-refractivity contribution in [2.45, 2.75) is 31.7 Å². The molecule has 0 heterocycles. The van der Waals surface area contributed by atoms with Crippen LogP contribution < -0.4 is 0 Å². The summed E-state index contributed by atoms with van der Waals surface area (Å²) < 4.78 is 0. The second-order valence-electron chi connectivity index (χ2n) is 4.96. The van der Waals surface area contributed by atoms with Gasteiger partial charge in [0.05, 0.1) is 24.7 Å². The maximum Gasteiger partial charge on any atom is 0.255 e. The molecular weight excluding hydrogens is 264 g/mol. The number of hydrogen-bond donors (Lipinski definition) is 1. The molecule has 1 aliphatic carbocycles. The lowest BCUT2D eigenvalue weighted by atomic mass is 10.1. The highest BCUT2D eigenvalue weighted by Gasteiger charge is 2.33. The summed E-state index contributed by atoms with van der Waals surface area (Å²) in [5, 5.41) is 17.5. The maximum atomic E-state index is 12.7. The minimum Gasteiger partial charge on any atom is -0.395 e. The first-order chi connectivity index (χ1) is 10.3. The van der Waals surface area contributed by atoms with Gasteiger partial charge in [0.25, 0.3) is 5.91 Å². The molecule has 1 aromatic carbocycles. The molecule has 108 valence electrons. The Labute approximate surface area is 125 Å². The number of benzene rings is 1. The summed E-state index contributed by atoms with van der Waals surface area (Å²) in [6, 6.07) is 9.61. The molecule has 0 atom stereocenters. The number of carbonyl (C=O) groups is 1. The summed E-state index contributed by atoms with van der Waals surface area (Å²) in [6.45, 7) is 0.484. The van der Waals surface area contributed by atoms with Crippen molar-refractivity contribution in [3.05, 3.63) is 35.4 Å². The third-order valence-corrected chi connectivity index (χ3v) is 3.33. The molecule has 1 aliphatic rings. The van der Waals surface area contributed by atoms with E-state index >= 15 is 0 Å². The summed E-state index contributed by atoms with van der Waals surface area (Å²) >= 11 is 0. The van der Waals surface area contributed by atoms with Gasteiger partial charge >= 0.3 is 0 Å². The Morgan fingerprint density at radius 2 is 2.10 bits per heavy atom. The van der Waals surface area contributed by atoms with Crippen LogP contribution in [0, 0.1) is 23.2 Å². The van der Waals surface area contributed by atoms with E-state index in [4.69, 9.17) is 10.4 Å². The first kappa shape index (κ1) is 15.1. The van der Waals surface area contributed by atoms with Gasteiger partial charge in [-0.25, -0.2) is 0 Å². The lowest BCUT2D eigenvalue weighted by Gasteiger charge is -2.21. The maximum absolute atomic E-state index is 12.7. The van der Waals surface area contributed by atoms with Gasteiger partial charge in [-0.1, -0.05) is 24.0 Å². The van der Waals surface area contributed by atoms with Gasteiger partial charge in [0.2, 0.25) is 0 Å². The van der Waals surface area contributed by atoms with Crippen LogP contribution in [-0.4, -0.2) is 35.1 Å². The fourth-order valence-electron chi connectivity index (χ4n) is 2.15. The summed E-state index contributed by atoms with van der Waals surface area (Å²) in [7, 11) is 0. The van der Waals surface area contributed by atoms with E-state index in [0.717, 1.165) is 12.8 Å². The first-order valence-electron chi connectivity index (χ1n) is 7.14. The van der Waals surface area contributed by atoms with E-state index in [-0.39, 0.29) is 18.6 Å². The molecule has 0 aromatic heterocycles. The largest absolute Gasteiger partial charge is 0.395 e. The Morgan fingerprint density at radius 3 is 2.76 bits per heavy atom. The van der Waals surface area contributed by atoms with Crippen molar-refractivity contribution in [3.63, 3.8) is 0 Å². The highest BCUT2D eigenvalue weighted by molar-refractivity contribution is 5.97. The fraction of sp³-hybridized carbons (Fsp3) is 0.412. The number of nitriles is 1. The van der Waals surface area contributed by atoms with Gasteiger partial charge in [0.15, 0.2) is 0 Å². The second kappa shape index (κ2) is 7.47. The number of rotatable bonds is 5. The summed E-state index contributed by atoms with van der Waals surface area (Å²) in [5.74, 6) is 5.74. The van der Waals surface area contributed by atoms with Gasteiger partial charge in [-0.05, 0) is 25.0 Å². The summed E-state index contributed by atoms with van der Waals surface area (Å²) in [5.41, 5.74) is 1.26. The number of aliphatic hydroxyl groups is 1. The standard InChI is InChI=1S/C17H18N2O2/c18-11-5-12-19(15-9-10-15)17(21)16-8-2-1-6-14(16)7-3-4-13-20/h1-2,6,8,15,20H,4-5,9-10,12-13H2. The Bertz CT molecular complexity index is 603. The zero-order valence-corrected chi connectivity index (χ0v) is 11.9. The van der Waals surface area contributed by atoms with E-state index in [2.05, 4.69) is 17.9 Å². The van der Waals surface area contributed by atoms with Crippen LogP contribution >= 0.6 is 0 Å². The predicted molar refractivity (Wildman–Crippen MR) is 79.3 cm³/mol. The molecule has 1 amide bonds. The van der Waals surface area contributed by atoms with E-state index < -0.39 is 0 Å². The van der Waals surface area contributed by atoms with E-state index in [1.165, 1.54) is 0 Å². The molecule has 1 saturated carbocycles. The minimum absolute atomic E-state index is 0.0134. The van der Waals surface area contributed by atoms with Gasteiger partial charge in [0.1, 0.15) is 0 Å². The van der Waals surface area contributed by atoms with E-state index in [1.54, 1.807) is 11.0 Å². The molecule has 0 unspecified atom stereocenters. The van der Waals surface area contributed by atoms with Crippen LogP contribution in [0.4, 0.5) is 0 Å². The van der Waals surface area contributed by atoms with Crippen LogP contribution in [0.3, 0.4) is 0 Å². The fourth-order valence-corrected chi connectivity index (χ4v) is 2.15. The Morgan fingerprint density at radius 1 is 1.33 bits per heavy atom. The normalized spacial score (nSPS) is 13.0. The molecule has 1 aromatic rings. The van der Waals surface area contributed by atoms with Gasteiger partial charge in [-0.3, -0.25) is 4.79 Å². The monoisotopic (exact) mass is 282 g/mol. The Balaban J connectivity index is 2.21. The van der Waals surface area contributed by atoms with Crippen LogP contribution in [0.15, 0.2) is 24.3 Å². The van der Waals surface area contributed by atoms with Crippen LogP contribution in [-0.2, 0) is 0 Å². The molecule has 4 nitrogen and oxygen atoms in total. The molecule has 0 bridgehead atoms. The topological polar surface area (TPSA) is 64.3 Å². The zero-order valence-electron chi connectivity index (χ0n) is 11.9. The van der Waals surface area contributed by atoms with Crippen molar-refractivity contribution in [1.82, 2.24) is 4.90 Å². The molecule has 0 spiro atoms. The number of hydrogen-bond acceptors (Lipinski definition) is 3. The molecule has 4 heteroatoms. The van der Waals surface area contributed by atoms with Gasteiger partial charge in [-0.15, -0.1) is 0 Å². The van der Waals surface area contributed by atoms with Crippen LogP contribution in [0.25, 0.3) is 0 Å². The van der Waals surface area contributed by atoms with Crippen LogP contribution in [0.5, 0.6) is 0 Å². The SMILES string of the molecule is N#CCCN(C(=O)c1ccccc1C#CCCO)C1CC1. The third kappa shape index (κ3) is 4.08. The molecule has 0 aliphatic heterocycles. The van der Waals surface area contributed by atoms with Crippen LogP contribution in [0.1, 0.15) is 41.6 Å². The molecular formula is C17H18N2O2. The van der Waals surface area contributed by atoms with Gasteiger partial charge < -0.3 is 10.0 Å². The van der Waals surface area contributed by atoms with E-state index in [1.807, 2.05) is 18.2 Å². The molecule has 21 heavy (non-hydrogen) atoms. The number of aliphatic hydroxyl groups excluding tert-OH is 1. The quantitative estimate of drug-likeness (QED) is 0.839. The third-order valence-electron chi connectivity index (χ3n) is 3.33. The van der Waals surface area contributed by atoms with Crippen molar-refractivity contribution in [3.8, 4) is 17.9 Å². The average Bonchev–Trinajstić information content (AvgIpc) is 3.33. The van der Waals surface area contributed by atoms with E-state index in [9.17, 15) is 4.79 Å². The molecule has 0 radical (unpaired) electrons. The predicted octanol–water partition coefficient (Wildman–Crippen LogP) is 1.94. The lowest BCUT2D eigenvalue weighted by molar-refractivity contribution is 0.0746. The Kier molecular flexibility index (Phi) is 5.37. The number of amides is 1. The van der Waals surface area contributed by atoms with Crippen molar-refractivity contribution in [1.29, 1.82) is 5.26 Å². The van der Waals surface area contributed by atoms with Crippen LogP contribution in [0.2, 0.25) is 0 Å². The lowest BCUT2D eigenvalue weighted by Crippen LogP contribution is -2.34. The van der Waals surface area contributed by atoms with Crippen molar-refractivity contribution in [2.24, 2.45) is 0 Å². The second-order valence-corrected chi connectivity index (χ2v) is 4.96. The van der Waals surface area contributed by atoms with E-state index in [0.29, 0.717) is 30.5 Å². The first-order valence-corrected chi connectivity index (χ1v) is 7.14. The highest BCUT2D eigenvalue weighted by atomic mass is 16.2.